The largest absolute Gasteiger partial charge is 0.494 e. The van der Waals surface area contributed by atoms with E-state index in [2.05, 4.69) is 10.3 Å². The molecule has 0 saturated heterocycles. The zero-order chi connectivity index (χ0) is 24.7. The number of aromatic amines is 1. The van der Waals surface area contributed by atoms with Gasteiger partial charge in [0.05, 0.1) is 18.2 Å². The summed E-state index contributed by atoms with van der Waals surface area (Å²) in [5, 5.41) is 4.77. The number of H-pyrrole nitrogens is 1. The maximum absolute atomic E-state index is 14.5. The van der Waals surface area contributed by atoms with Crippen molar-refractivity contribution in [2.24, 2.45) is 11.5 Å². The van der Waals surface area contributed by atoms with Crippen molar-refractivity contribution in [1.29, 1.82) is 0 Å². The lowest BCUT2D eigenvalue weighted by Crippen LogP contribution is -2.40. The monoisotopic (exact) mass is 474 g/mol. The van der Waals surface area contributed by atoms with Crippen LogP contribution in [0.25, 0.3) is 32.9 Å². The molecule has 6 N–H and O–H groups in total. The predicted molar refractivity (Wildman–Crippen MR) is 134 cm³/mol. The minimum Gasteiger partial charge on any atom is -0.494 e. The lowest BCUT2D eigenvalue weighted by atomic mass is 9.91. The Kier molecular flexibility index (Phi) is 5.90. The van der Waals surface area contributed by atoms with Gasteiger partial charge in [0.2, 0.25) is 5.91 Å². The molecular weight excluding hydrogens is 447 g/mol. The molecule has 1 aliphatic carbocycles. The van der Waals surface area contributed by atoms with Crippen LogP contribution in [0.4, 0.5) is 4.39 Å². The SMILES string of the molecule is COc1ccc(-c2cc(C(=O)NC3CCC(N)CC3)c3[nH]c4cc(C(N)=O)ccc4c3c2)cc1F. The van der Waals surface area contributed by atoms with Crippen molar-refractivity contribution in [2.45, 2.75) is 37.8 Å². The van der Waals surface area contributed by atoms with Crippen molar-refractivity contribution >= 4 is 33.6 Å². The van der Waals surface area contributed by atoms with E-state index in [4.69, 9.17) is 16.2 Å². The fraction of sp³-hybridized carbons (Fsp3) is 0.259. The highest BCUT2D eigenvalue weighted by Crippen LogP contribution is 2.35. The van der Waals surface area contributed by atoms with Crippen LogP contribution in [0.2, 0.25) is 0 Å². The number of rotatable bonds is 5. The minimum absolute atomic E-state index is 0.0466. The van der Waals surface area contributed by atoms with E-state index in [0.29, 0.717) is 33.3 Å². The van der Waals surface area contributed by atoms with Crippen molar-refractivity contribution in [3.05, 3.63) is 65.5 Å². The first-order chi connectivity index (χ1) is 16.8. The summed E-state index contributed by atoms with van der Waals surface area (Å²) in [4.78, 5) is 28.5. The second-order valence-corrected chi connectivity index (χ2v) is 9.13. The maximum atomic E-state index is 14.5. The van der Waals surface area contributed by atoms with E-state index in [-0.39, 0.29) is 23.7 Å². The summed E-state index contributed by atoms with van der Waals surface area (Å²) in [5.41, 5.74) is 14.9. The summed E-state index contributed by atoms with van der Waals surface area (Å²) in [6.07, 6.45) is 3.39. The van der Waals surface area contributed by atoms with Gasteiger partial charge in [0.15, 0.2) is 11.6 Å². The van der Waals surface area contributed by atoms with Gasteiger partial charge in [0, 0.05) is 33.9 Å². The van der Waals surface area contributed by atoms with Gasteiger partial charge in [-0.1, -0.05) is 12.1 Å². The number of hydrogen-bond acceptors (Lipinski definition) is 4. The number of carbonyl (C=O) groups is 2. The molecule has 3 aromatic carbocycles. The van der Waals surface area contributed by atoms with Crippen molar-refractivity contribution in [3.63, 3.8) is 0 Å². The smallest absolute Gasteiger partial charge is 0.253 e. The quantitative estimate of drug-likeness (QED) is 0.346. The number of ether oxygens (including phenoxy) is 1. The molecule has 180 valence electrons. The first-order valence-electron chi connectivity index (χ1n) is 11.6. The van der Waals surface area contributed by atoms with Crippen LogP contribution in [0, 0.1) is 5.82 Å². The summed E-state index contributed by atoms with van der Waals surface area (Å²) < 4.78 is 19.5. The van der Waals surface area contributed by atoms with Crippen molar-refractivity contribution in [3.8, 4) is 16.9 Å². The topological polar surface area (TPSA) is 123 Å². The maximum Gasteiger partial charge on any atom is 0.253 e. The molecule has 2 amide bonds. The Hall–Kier alpha value is -3.91. The van der Waals surface area contributed by atoms with E-state index in [1.807, 2.05) is 6.07 Å². The number of amides is 2. The fourth-order valence-electron chi connectivity index (χ4n) is 4.88. The summed E-state index contributed by atoms with van der Waals surface area (Å²) in [6.45, 7) is 0. The Balaban J connectivity index is 1.65. The number of aromatic nitrogens is 1. The van der Waals surface area contributed by atoms with Crippen molar-refractivity contribution < 1.29 is 18.7 Å². The fourth-order valence-corrected chi connectivity index (χ4v) is 4.88. The van der Waals surface area contributed by atoms with Crippen molar-refractivity contribution in [1.82, 2.24) is 10.3 Å². The Bertz CT molecular complexity index is 1450. The molecule has 1 heterocycles. The molecule has 35 heavy (non-hydrogen) atoms. The zero-order valence-electron chi connectivity index (χ0n) is 19.4. The number of nitrogens with one attached hydrogen (secondary N) is 2. The molecule has 1 aliphatic rings. The summed E-state index contributed by atoms with van der Waals surface area (Å²) in [6, 6.07) is 13.7. The molecule has 4 aromatic rings. The standard InChI is InChI=1S/C27H27FN4O3/c1-35-24-9-3-14(12-22(24)28)16-10-20-19-8-2-15(26(30)33)13-23(19)32-25(20)21(11-16)27(34)31-18-6-4-17(29)5-7-18/h2-3,8-13,17-18,32H,4-7,29H2,1H3,(H2,30,33)(H,31,34). The molecule has 1 saturated carbocycles. The summed E-state index contributed by atoms with van der Waals surface area (Å²) >= 11 is 0. The number of halogens is 1. The lowest BCUT2D eigenvalue weighted by molar-refractivity contribution is 0.0926. The highest BCUT2D eigenvalue weighted by molar-refractivity contribution is 6.17. The van der Waals surface area contributed by atoms with E-state index < -0.39 is 11.7 Å². The van der Waals surface area contributed by atoms with Crippen molar-refractivity contribution in [2.75, 3.05) is 7.11 Å². The highest BCUT2D eigenvalue weighted by Gasteiger charge is 2.23. The average Bonchev–Trinajstić information content (AvgIpc) is 3.22. The molecule has 0 spiro atoms. The first-order valence-corrected chi connectivity index (χ1v) is 11.6. The molecule has 0 bridgehead atoms. The van der Waals surface area contributed by atoms with Crippen LogP contribution in [-0.4, -0.2) is 36.0 Å². The molecule has 1 aromatic heterocycles. The van der Waals surface area contributed by atoms with Crippen LogP contribution < -0.4 is 21.5 Å². The van der Waals surface area contributed by atoms with E-state index >= 15 is 0 Å². The molecule has 5 rings (SSSR count). The second kappa shape index (κ2) is 9.03. The van der Waals surface area contributed by atoms with Crippen LogP contribution >= 0.6 is 0 Å². The van der Waals surface area contributed by atoms with Gasteiger partial charge in [-0.3, -0.25) is 9.59 Å². The van der Waals surface area contributed by atoms with Crippen LogP contribution in [0.1, 0.15) is 46.4 Å². The number of hydrogen-bond donors (Lipinski definition) is 4. The molecule has 1 fully saturated rings. The van der Waals surface area contributed by atoms with Crippen LogP contribution in [0.3, 0.4) is 0 Å². The zero-order valence-corrected chi connectivity index (χ0v) is 19.4. The van der Waals surface area contributed by atoms with Gasteiger partial charge in [0.1, 0.15) is 0 Å². The lowest BCUT2D eigenvalue weighted by Gasteiger charge is -2.27. The van der Waals surface area contributed by atoms with Gasteiger partial charge < -0.3 is 26.5 Å². The molecule has 8 heteroatoms. The summed E-state index contributed by atoms with van der Waals surface area (Å²) in [7, 11) is 1.41. The van der Waals surface area contributed by atoms with Crippen LogP contribution in [-0.2, 0) is 0 Å². The highest BCUT2D eigenvalue weighted by atomic mass is 19.1. The van der Waals surface area contributed by atoms with Gasteiger partial charge >= 0.3 is 0 Å². The third-order valence-electron chi connectivity index (χ3n) is 6.83. The van der Waals surface area contributed by atoms with Gasteiger partial charge in [-0.05, 0) is 73.2 Å². The van der Waals surface area contributed by atoms with Crippen LogP contribution in [0.5, 0.6) is 5.75 Å². The molecule has 0 radical (unpaired) electrons. The van der Waals surface area contributed by atoms with E-state index in [1.165, 1.54) is 13.2 Å². The average molecular weight is 475 g/mol. The normalized spacial score (nSPS) is 18.0. The Morgan fingerprint density at radius 3 is 2.46 bits per heavy atom. The minimum atomic E-state index is -0.534. The second-order valence-electron chi connectivity index (χ2n) is 9.13. The first kappa shape index (κ1) is 22.9. The number of methoxy groups -OCH3 is 1. The number of benzene rings is 3. The predicted octanol–water partition coefficient (Wildman–Crippen LogP) is 4.23. The van der Waals surface area contributed by atoms with Gasteiger partial charge in [-0.15, -0.1) is 0 Å². The Morgan fingerprint density at radius 2 is 1.77 bits per heavy atom. The molecular formula is C27H27FN4O3. The van der Waals surface area contributed by atoms with E-state index in [0.717, 1.165) is 36.5 Å². The number of nitrogens with two attached hydrogens (primary N) is 2. The molecule has 7 nitrogen and oxygen atoms in total. The van der Waals surface area contributed by atoms with Crippen LogP contribution in [0.15, 0.2) is 48.5 Å². The van der Waals surface area contributed by atoms with Gasteiger partial charge in [-0.25, -0.2) is 4.39 Å². The summed E-state index contributed by atoms with van der Waals surface area (Å²) in [5.74, 6) is -1.09. The number of primary amides is 1. The molecule has 0 atom stereocenters. The molecule has 0 aliphatic heterocycles. The Morgan fingerprint density at radius 1 is 1.00 bits per heavy atom. The van der Waals surface area contributed by atoms with E-state index in [1.54, 1.807) is 36.4 Å². The van der Waals surface area contributed by atoms with Gasteiger partial charge in [0.25, 0.3) is 5.91 Å². The molecule has 0 unspecified atom stereocenters. The van der Waals surface area contributed by atoms with E-state index in [9.17, 15) is 14.0 Å². The Labute approximate surface area is 201 Å². The van der Waals surface area contributed by atoms with Gasteiger partial charge in [-0.2, -0.15) is 0 Å². The number of fused-ring (bicyclic) bond motifs is 3. The third-order valence-corrected chi connectivity index (χ3v) is 6.83. The number of carbonyl (C=O) groups excluding carboxylic acids is 2. The third kappa shape index (κ3) is 4.33.